The molecule has 3 heterocycles. The summed E-state index contributed by atoms with van der Waals surface area (Å²) in [6.07, 6.45) is 4.47. The minimum atomic E-state index is -0.353. The molecule has 136 valence electrons. The van der Waals surface area contributed by atoms with Crippen molar-refractivity contribution >= 4 is 5.91 Å². The van der Waals surface area contributed by atoms with Crippen LogP contribution in [0.25, 0.3) is 11.4 Å². The van der Waals surface area contributed by atoms with Crippen molar-refractivity contribution in [1.82, 2.24) is 30.2 Å². The molecule has 8 heteroatoms. The van der Waals surface area contributed by atoms with Crippen molar-refractivity contribution in [1.29, 1.82) is 0 Å². The molecule has 0 aliphatic rings. The van der Waals surface area contributed by atoms with Crippen LogP contribution in [0.4, 0.5) is 0 Å². The Morgan fingerprint density at radius 1 is 1.38 bits per heavy atom. The highest BCUT2D eigenvalue weighted by molar-refractivity contribution is 5.76. The molecule has 3 aromatic heterocycles. The van der Waals surface area contributed by atoms with Crippen LogP contribution in [0, 0.1) is 13.8 Å². The van der Waals surface area contributed by atoms with Gasteiger partial charge < -0.3 is 9.84 Å². The molecule has 3 rings (SSSR count). The Hall–Kier alpha value is -3.03. The average Bonchev–Trinajstić information content (AvgIpc) is 3.23. The van der Waals surface area contributed by atoms with E-state index in [0.717, 1.165) is 17.0 Å². The van der Waals surface area contributed by atoms with Gasteiger partial charge in [0.25, 0.3) is 0 Å². The molecule has 1 amide bonds. The maximum Gasteiger partial charge on any atom is 0.249 e. The van der Waals surface area contributed by atoms with Crippen LogP contribution in [-0.2, 0) is 11.3 Å². The molecule has 0 saturated heterocycles. The van der Waals surface area contributed by atoms with Crippen LogP contribution in [0.5, 0.6) is 0 Å². The number of carbonyl (C=O) groups excluding carboxylic acids is 1. The number of amides is 1. The predicted octanol–water partition coefficient (Wildman–Crippen LogP) is 2.60. The van der Waals surface area contributed by atoms with Gasteiger partial charge in [-0.15, -0.1) is 0 Å². The lowest BCUT2D eigenvalue weighted by atomic mass is 10.2. The van der Waals surface area contributed by atoms with Gasteiger partial charge in [0, 0.05) is 36.6 Å². The third-order valence-corrected chi connectivity index (χ3v) is 3.99. The molecule has 0 aliphatic heterocycles. The van der Waals surface area contributed by atoms with Gasteiger partial charge in [0.2, 0.25) is 17.6 Å². The van der Waals surface area contributed by atoms with E-state index >= 15 is 0 Å². The van der Waals surface area contributed by atoms with Gasteiger partial charge in [0.15, 0.2) is 0 Å². The Balaban J connectivity index is 1.50. The van der Waals surface area contributed by atoms with Crippen molar-refractivity contribution in [3.8, 4) is 11.4 Å². The second-order valence-corrected chi connectivity index (χ2v) is 6.24. The van der Waals surface area contributed by atoms with E-state index in [2.05, 4.69) is 25.5 Å². The first kappa shape index (κ1) is 17.8. The number of pyridine rings is 1. The van der Waals surface area contributed by atoms with Crippen LogP contribution >= 0.6 is 0 Å². The number of aryl methyl sites for hydroxylation is 3. The van der Waals surface area contributed by atoms with Crippen molar-refractivity contribution in [3.05, 3.63) is 47.9 Å². The largest absolute Gasteiger partial charge is 0.345 e. The molecule has 8 nitrogen and oxygen atoms in total. The highest BCUT2D eigenvalue weighted by atomic mass is 16.5. The van der Waals surface area contributed by atoms with Crippen molar-refractivity contribution in [2.75, 3.05) is 0 Å². The standard InChI is InChI=1S/C18H22N6O2/c1-12-10-13(2)24(22-12)9-5-7-16(25)20-14(3)18-21-17(23-26-18)15-6-4-8-19-11-15/h4,6,8,10-11,14H,5,7,9H2,1-3H3,(H,20,25)/t14-/m1/s1. The number of hydrogen-bond donors (Lipinski definition) is 1. The lowest BCUT2D eigenvalue weighted by Crippen LogP contribution is -2.26. The third-order valence-electron chi connectivity index (χ3n) is 3.99. The first-order valence-corrected chi connectivity index (χ1v) is 8.57. The minimum Gasteiger partial charge on any atom is -0.345 e. The van der Waals surface area contributed by atoms with Crippen LogP contribution in [-0.4, -0.2) is 30.8 Å². The molecule has 0 spiro atoms. The number of carbonyl (C=O) groups is 1. The smallest absolute Gasteiger partial charge is 0.249 e. The van der Waals surface area contributed by atoms with Crippen LogP contribution in [0.2, 0.25) is 0 Å². The summed E-state index contributed by atoms with van der Waals surface area (Å²) < 4.78 is 7.18. The lowest BCUT2D eigenvalue weighted by Gasteiger charge is -2.10. The SMILES string of the molecule is Cc1cc(C)n(CCCC(=O)N[C@H](C)c2nc(-c3cccnc3)no2)n1. The zero-order valence-electron chi connectivity index (χ0n) is 15.1. The van der Waals surface area contributed by atoms with Gasteiger partial charge in [-0.3, -0.25) is 14.5 Å². The number of hydrogen-bond acceptors (Lipinski definition) is 6. The molecule has 1 atom stereocenters. The second-order valence-electron chi connectivity index (χ2n) is 6.24. The third kappa shape index (κ3) is 4.33. The van der Waals surface area contributed by atoms with Gasteiger partial charge >= 0.3 is 0 Å². The van der Waals surface area contributed by atoms with E-state index in [0.29, 0.717) is 31.1 Å². The van der Waals surface area contributed by atoms with E-state index in [1.165, 1.54) is 0 Å². The van der Waals surface area contributed by atoms with Crippen LogP contribution in [0.3, 0.4) is 0 Å². The van der Waals surface area contributed by atoms with Gasteiger partial charge in [-0.05, 0) is 45.4 Å². The summed E-state index contributed by atoms with van der Waals surface area (Å²) in [6, 6.07) is 5.33. The molecule has 0 saturated carbocycles. The molecule has 0 radical (unpaired) electrons. The molecular weight excluding hydrogens is 332 g/mol. The Morgan fingerprint density at radius 2 is 2.23 bits per heavy atom. The van der Waals surface area contributed by atoms with Gasteiger partial charge in [0.05, 0.1) is 5.69 Å². The van der Waals surface area contributed by atoms with Crippen molar-refractivity contribution < 1.29 is 9.32 Å². The fourth-order valence-corrected chi connectivity index (χ4v) is 2.69. The Bertz CT molecular complexity index is 871. The Kier molecular flexibility index (Phi) is 5.40. The lowest BCUT2D eigenvalue weighted by molar-refractivity contribution is -0.122. The van der Waals surface area contributed by atoms with Gasteiger partial charge in [-0.25, -0.2) is 0 Å². The Morgan fingerprint density at radius 3 is 2.92 bits per heavy atom. The average molecular weight is 354 g/mol. The van der Waals surface area contributed by atoms with E-state index in [4.69, 9.17) is 4.52 Å². The van der Waals surface area contributed by atoms with E-state index < -0.39 is 0 Å². The number of rotatable bonds is 7. The molecule has 0 bridgehead atoms. The van der Waals surface area contributed by atoms with Crippen molar-refractivity contribution in [2.24, 2.45) is 0 Å². The monoisotopic (exact) mass is 354 g/mol. The summed E-state index contributed by atoms with van der Waals surface area (Å²) in [6.45, 7) is 6.51. The van der Waals surface area contributed by atoms with Gasteiger partial charge in [-0.2, -0.15) is 10.1 Å². The summed E-state index contributed by atoms with van der Waals surface area (Å²) in [5, 5.41) is 11.2. The topological polar surface area (TPSA) is 98.7 Å². The molecule has 26 heavy (non-hydrogen) atoms. The fraction of sp³-hybridized carbons (Fsp3) is 0.389. The highest BCUT2D eigenvalue weighted by Crippen LogP contribution is 2.17. The van der Waals surface area contributed by atoms with Gasteiger partial charge in [-0.1, -0.05) is 5.16 Å². The molecule has 0 unspecified atom stereocenters. The number of nitrogens with zero attached hydrogens (tertiary/aromatic N) is 5. The zero-order valence-corrected chi connectivity index (χ0v) is 15.1. The molecular formula is C18H22N6O2. The van der Waals surface area contributed by atoms with E-state index in [-0.39, 0.29) is 11.9 Å². The van der Waals surface area contributed by atoms with Crippen LogP contribution in [0.15, 0.2) is 35.1 Å². The zero-order chi connectivity index (χ0) is 18.5. The minimum absolute atomic E-state index is 0.0554. The molecule has 0 aliphatic carbocycles. The molecule has 1 N–H and O–H groups in total. The van der Waals surface area contributed by atoms with E-state index in [1.54, 1.807) is 18.5 Å². The summed E-state index contributed by atoms with van der Waals surface area (Å²) in [5.74, 6) is 0.773. The number of aromatic nitrogens is 5. The summed E-state index contributed by atoms with van der Waals surface area (Å²) >= 11 is 0. The fourth-order valence-electron chi connectivity index (χ4n) is 2.69. The Labute approximate surface area is 151 Å². The van der Waals surface area contributed by atoms with Gasteiger partial charge in [0.1, 0.15) is 6.04 Å². The highest BCUT2D eigenvalue weighted by Gasteiger charge is 2.17. The predicted molar refractivity (Wildman–Crippen MR) is 95.0 cm³/mol. The summed E-state index contributed by atoms with van der Waals surface area (Å²) in [4.78, 5) is 20.5. The summed E-state index contributed by atoms with van der Waals surface area (Å²) in [5.41, 5.74) is 2.86. The van der Waals surface area contributed by atoms with Crippen molar-refractivity contribution in [2.45, 2.75) is 46.2 Å². The maximum atomic E-state index is 12.1. The molecule has 0 fully saturated rings. The van der Waals surface area contributed by atoms with E-state index in [1.807, 2.05) is 37.6 Å². The molecule has 0 aromatic carbocycles. The normalized spacial score (nSPS) is 12.1. The number of nitrogens with one attached hydrogen (secondary N) is 1. The first-order chi connectivity index (χ1) is 12.5. The van der Waals surface area contributed by atoms with Crippen LogP contribution < -0.4 is 5.32 Å². The van der Waals surface area contributed by atoms with Crippen LogP contribution in [0.1, 0.15) is 43.1 Å². The van der Waals surface area contributed by atoms with E-state index in [9.17, 15) is 4.79 Å². The van der Waals surface area contributed by atoms with Crippen molar-refractivity contribution in [3.63, 3.8) is 0 Å². The maximum absolute atomic E-state index is 12.1. The first-order valence-electron chi connectivity index (χ1n) is 8.57. The second kappa shape index (κ2) is 7.90. The quantitative estimate of drug-likeness (QED) is 0.700. The summed E-state index contributed by atoms with van der Waals surface area (Å²) in [7, 11) is 0. The molecule has 3 aromatic rings.